The van der Waals surface area contributed by atoms with Crippen molar-refractivity contribution in [1.82, 2.24) is 4.90 Å². The molecule has 0 unspecified atom stereocenters. The van der Waals surface area contributed by atoms with Crippen molar-refractivity contribution in [3.8, 4) is 0 Å². The SMILES string of the molecule is Cc1cc(CC2(N(C)C)CCC(C)CC2)ccc1Cl. The summed E-state index contributed by atoms with van der Waals surface area (Å²) in [7, 11) is 4.47. The highest BCUT2D eigenvalue weighted by Gasteiger charge is 2.36. The highest BCUT2D eigenvalue weighted by atomic mass is 35.5. The molecule has 0 heterocycles. The lowest BCUT2D eigenvalue weighted by Crippen LogP contribution is -2.48. The van der Waals surface area contributed by atoms with Gasteiger partial charge in [0.05, 0.1) is 0 Å². The zero-order valence-electron chi connectivity index (χ0n) is 12.7. The third-order valence-electron chi connectivity index (χ3n) is 4.91. The molecule has 2 heteroatoms. The summed E-state index contributed by atoms with van der Waals surface area (Å²) in [6.45, 7) is 4.48. The van der Waals surface area contributed by atoms with E-state index in [1.54, 1.807) is 0 Å². The van der Waals surface area contributed by atoms with Gasteiger partial charge in [-0.05, 0) is 76.2 Å². The molecule has 1 nitrogen and oxygen atoms in total. The molecule has 0 saturated heterocycles. The Hall–Kier alpha value is -0.530. The summed E-state index contributed by atoms with van der Waals surface area (Å²) >= 11 is 6.13. The average molecular weight is 280 g/mol. The summed E-state index contributed by atoms with van der Waals surface area (Å²) < 4.78 is 0. The highest BCUT2D eigenvalue weighted by Crippen LogP contribution is 2.38. The largest absolute Gasteiger partial charge is 0.303 e. The maximum atomic E-state index is 6.13. The van der Waals surface area contributed by atoms with Crippen LogP contribution < -0.4 is 0 Å². The number of hydrogen-bond acceptors (Lipinski definition) is 1. The predicted molar refractivity (Wildman–Crippen MR) is 83.9 cm³/mol. The van der Waals surface area contributed by atoms with Crippen LogP contribution >= 0.6 is 11.6 Å². The number of nitrogens with zero attached hydrogens (tertiary/aromatic N) is 1. The normalized spacial score (nSPS) is 27.8. The molecule has 19 heavy (non-hydrogen) atoms. The van der Waals surface area contributed by atoms with Crippen LogP contribution in [0.2, 0.25) is 5.02 Å². The second kappa shape index (κ2) is 5.85. The molecule has 0 aromatic heterocycles. The van der Waals surface area contributed by atoms with Gasteiger partial charge in [-0.2, -0.15) is 0 Å². The molecule has 1 aliphatic carbocycles. The molecule has 0 spiro atoms. The number of hydrogen-bond donors (Lipinski definition) is 0. The van der Waals surface area contributed by atoms with E-state index in [1.165, 1.54) is 36.8 Å². The Morgan fingerprint density at radius 1 is 1.26 bits per heavy atom. The van der Waals surface area contributed by atoms with Gasteiger partial charge >= 0.3 is 0 Å². The standard InChI is InChI=1S/C17H26ClN/c1-13-7-9-17(10-8-13,19(3)4)12-15-5-6-16(18)14(2)11-15/h5-6,11,13H,7-10,12H2,1-4H3. The van der Waals surface area contributed by atoms with Crippen molar-refractivity contribution >= 4 is 11.6 Å². The second-order valence-corrected chi connectivity index (χ2v) is 6.97. The fraction of sp³-hybridized carbons (Fsp3) is 0.647. The molecular weight excluding hydrogens is 254 g/mol. The Morgan fingerprint density at radius 2 is 1.89 bits per heavy atom. The van der Waals surface area contributed by atoms with Gasteiger partial charge in [-0.1, -0.05) is 30.7 Å². The van der Waals surface area contributed by atoms with Crippen LogP contribution in [0, 0.1) is 12.8 Å². The van der Waals surface area contributed by atoms with Gasteiger partial charge in [0.25, 0.3) is 0 Å². The van der Waals surface area contributed by atoms with Crippen molar-refractivity contribution < 1.29 is 0 Å². The van der Waals surface area contributed by atoms with Crippen molar-refractivity contribution in [2.45, 2.75) is 51.5 Å². The van der Waals surface area contributed by atoms with Gasteiger partial charge in [0.15, 0.2) is 0 Å². The first kappa shape index (κ1) is 14.9. The molecule has 0 amide bonds. The van der Waals surface area contributed by atoms with Crippen LogP contribution in [0.15, 0.2) is 18.2 Å². The minimum Gasteiger partial charge on any atom is -0.303 e. The van der Waals surface area contributed by atoms with Crippen LogP contribution in [0.1, 0.15) is 43.7 Å². The molecule has 0 N–H and O–H groups in total. The van der Waals surface area contributed by atoms with E-state index < -0.39 is 0 Å². The van der Waals surface area contributed by atoms with E-state index in [0.29, 0.717) is 5.54 Å². The molecule has 1 aromatic rings. The second-order valence-electron chi connectivity index (χ2n) is 6.56. The maximum absolute atomic E-state index is 6.13. The van der Waals surface area contributed by atoms with Gasteiger partial charge in [0, 0.05) is 10.6 Å². The van der Waals surface area contributed by atoms with Crippen molar-refractivity contribution in [3.05, 3.63) is 34.3 Å². The van der Waals surface area contributed by atoms with Gasteiger partial charge in [0.1, 0.15) is 0 Å². The van der Waals surface area contributed by atoms with Crippen LogP contribution in [0.5, 0.6) is 0 Å². The minimum absolute atomic E-state index is 0.340. The van der Waals surface area contributed by atoms with Crippen LogP contribution in [0.4, 0.5) is 0 Å². The summed E-state index contributed by atoms with van der Waals surface area (Å²) in [5.41, 5.74) is 2.95. The number of likely N-dealkylation sites (N-methyl/N-ethyl adjacent to an activating group) is 1. The summed E-state index contributed by atoms with van der Waals surface area (Å²) in [6.07, 6.45) is 6.46. The first-order valence-corrected chi connectivity index (χ1v) is 7.73. The number of aryl methyl sites for hydroxylation is 1. The molecule has 0 bridgehead atoms. The lowest BCUT2D eigenvalue weighted by atomic mass is 9.73. The molecule has 0 atom stereocenters. The highest BCUT2D eigenvalue weighted by molar-refractivity contribution is 6.31. The molecule has 1 fully saturated rings. The maximum Gasteiger partial charge on any atom is 0.0435 e. The Morgan fingerprint density at radius 3 is 2.42 bits per heavy atom. The Labute approximate surface area is 123 Å². The average Bonchev–Trinajstić information content (AvgIpc) is 2.37. The van der Waals surface area contributed by atoms with Crippen LogP contribution in [-0.2, 0) is 6.42 Å². The van der Waals surface area contributed by atoms with Gasteiger partial charge in [0.2, 0.25) is 0 Å². The first-order valence-electron chi connectivity index (χ1n) is 7.35. The summed E-state index contributed by atoms with van der Waals surface area (Å²) in [6, 6.07) is 6.49. The Bertz CT molecular complexity index is 431. The van der Waals surface area contributed by atoms with Crippen LogP contribution in [-0.4, -0.2) is 24.5 Å². The summed E-state index contributed by atoms with van der Waals surface area (Å²) in [4.78, 5) is 2.45. The van der Waals surface area contributed by atoms with Gasteiger partial charge < -0.3 is 4.90 Å². The van der Waals surface area contributed by atoms with E-state index in [-0.39, 0.29) is 0 Å². The van der Waals surface area contributed by atoms with E-state index in [2.05, 4.69) is 45.0 Å². The number of rotatable bonds is 3. The number of benzene rings is 1. The van der Waals surface area contributed by atoms with Crippen molar-refractivity contribution in [1.29, 1.82) is 0 Å². The summed E-state index contributed by atoms with van der Waals surface area (Å²) in [5.74, 6) is 0.889. The van der Waals surface area contributed by atoms with E-state index in [1.807, 2.05) is 6.07 Å². The molecule has 1 aromatic carbocycles. The smallest absolute Gasteiger partial charge is 0.0435 e. The Kier molecular flexibility index (Phi) is 4.58. The first-order chi connectivity index (χ1) is 8.93. The van der Waals surface area contributed by atoms with E-state index in [4.69, 9.17) is 11.6 Å². The fourth-order valence-electron chi connectivity index (χ4n) is 3.28. The van der Waals surface area contributed by atoms with Gasteiger partial charge in [-0.25, -0.2) is 0 Å². The fourth-order valence-corrected chi connectivity index (χ4v) is 3.40. The quantitative estimate of drug-likeness (QED) is 0.775. The molecule has 2 rings (SSSR count). The molecular formula is C17H26ClN. The van der Waals surface area contributed by atoms with Crippen molar-refractivity contribution in [2.24, 2.45) is 5.92 Å². The lowest BCUT2D eigenvalue weighted by molar-refractivity contribution is 0.0830. The lowest BCUT2D eigenvalue weighted by Gasteiger charge is -2.45. The number of halogens is 1. The molecule has 1 aliphatic rings. The van der Waals surface area contributed by atoms with E-state index in [9.17, 15) is 0 Å². The van der Waals surface area contributed by atoms with Gasteiger partial charge in [-0.3, -0.25) is 0 Å². The van der Waals surface area contributed by atoms with Crippen LogP contribution in [0.25, 0.3) is 0 Å². The minimum atomic E-state index is 0.340. The Balaban J connectivity index is 2.19. The van der Waals surface area contributed by atoms with Crippen molar-refractivity contribution in [2.75, 3.05) is 14.1 Å². The topological polar surface area (TPSA) is 3.24 Å². The third kappa shape index (κ3) is 3.32. The van der Waals surface area contributed by atoms with Gasteiger partial charge in [-0.15, -0.1) is 0 Å². The zero-order valence-corrected chi connectivity index (χ0v) is 13.4. The zero-order chi connectivity index (χ0) is 14.0. The summed E-state index contributed by atoms with van der Waals surface area (Å²) in [5, 5.41) is 0.875. The van der Waals surface area contributed by atoms with Crippen LogP contribution in [0.3, 0.4) is 0 Å². The molecule has 106 valence electrons. The monoisotopic (exact) mass is 279 g/mol. The van der Waals surface area contributed by atoms with Crippen molar-refractivity contribution in [3.63, 3.8) is 0 Å². The molecule has 1 saturated carbocycles. The van der Waals surface area contributed by atoms with E-state index >= 15 is 0 Å². The third-order valence-corrected chi connectivity index (χ3v) is 5.33. The predicted octanol–water partition coefficient (Wildman–Crippen LogP) is 4.70. The van der Waals surface area contributed by atoms with E-state index in [0.717, 1.165) is 17.4 Å². The molecule has 0 radical (unpaired) electrons. The molecule has 0 aliphatic heterocycles.